The summed E-state index contributed by atoms with van der Waals surface area (Å²) in [5, 5.41) is 12.3. The monoisotopic (exact) mass is 195 g/mol. The summed E-state index contributed by atoms with van der Waals surface area (Å²) in [5.41, 5.74) is 1.98. The molecule has 0 aliphatic rings. The molecule has 1 rings (SSSR count). The molecule has 3 heteroatoms. The van der Waals surface area contributed by atoms with E-state index in [1.165, 1.54) is 0 Å². The Morgan fingerprint density at radius 2 is 2.21 bits per heavy atom. The molecular weight excluding hydrogens is 178 g/mol. The standard InChI is InChI=1S/C11H17NO2/c1-4-8-7-9(11(13)12-2)5-6-10(8)14-3/h5-7,11-13H,4H2,1-3H3. The molecule has 0 fully saturated rings. The van der Waals surface area contributed by atoms with Gasteiger partial charge in [0.2, 0.25) is 0 Å². The first kappa shape index (κ1) is 11.0. The van der Waals surface area contributed by atoms with Crippen molar-refractivity contribution in [3.63, 3.8) is 0 Å². The van der Waals surface area contributed by atoms with Crippen LogP contribution in [0.3, 0.4) is 0 Å². The Hall–Kier alpha value is -1.06. The van der Waals surface area contributed by atoms with E-state index in [2.05, 4.69) is 12.2 Å². The molecule has 0 aromatic heterocycles. The molecule has 1 unspecified atom stereocenters. The van der Waals surface area contributed by atoms with Gasteiger partial charge in [0.1, 0.15) is 12.0 Å². The van der Waals surface area contributed by atoms with Crippen LogP contribution in [0.1, 0.15) is 24.3 Å². The molecule has 0 saturated carbocycles. The quantitative estimate of drug-likeness (QED) is 0.715. The molecule has 0 spiro atoms. The summed E-state index contributed by atoms with van der Waals surface area (Å²) in [7, 11) is 3.38. The number of hydrogen-bond acceptors (Lipinski definition) is 3. The smallest absolute Gasteiger partial charge is 0.130 e. The van der Waals surface area contributed by atoms with E-state index in [9.17, 15) is 5.11 Å². The average molecular weight is 195 g/mol. The van der Waals surface area contributed by atoms with E-state index in [1.807, 2.05) is 18.2 Å². The number of nitrogens with one attached hydrogen (secondary N) is 1. The highest BCUT2D eigenvalue weighted by atomic mass is 16.5. The van der Waals surface area contributed by atoms with Crippen LogP contribution in [0, 0.1) is 0 Å². The molecule has 1 atom stereocenters. The highest BCUT2D eigenvalue weighted by Gasteiger charge is 2.07. The van der Waals surface area contributed by atoms with Gasteiger partial charge in [0, 0.05) is 0 Å². The normalized spacial score (nSPS) is 12.6. The molecule has 0 radical (unpaired) electrons. The Morgan fingerprint density at radius 1 is 1.50 bits per heavy atom. The van der Waals surface area contributed by atoms with Crippen molar-refractivity contribution in [2.75, 3.05) is 14.2 Å². The number of hydrogen-bond donors (Lipinski definition) is 2. The average Bonchev–Trinajstić information content (AvgIpc) is 2.26. The number of aryl methyl sites for hydroxylation is 1. The molecule has 0 aliphatic carbocycles. The third-order valence-electron chi connectivity index (χ3n) is 2.27. The lowest BCUT2D eigenvalue weighted by atomic mass is 10.1. The van der Waals surface area contributed by atoms with Crippen LogP contribution in [0.5, 0.6) is 5.75 Å². The van der Waals surface area contributed by atoms with E-state index in [1.54, 1.807) is 14.2 Å². The zero-order valence-corrected chi connectivity index (χ0v) is 8.87. The zero-order valence-electron chi connectivity index (χ0n) is 8.87. The second-order valence-corrected chi connectivity index (χ2v) is 3.12. The summed E-state index contributed by atoms with van der Waals surface area (Å²) in [6, 6.07) is 5.70. The van der Waals surface area contributed by atoms with Crippen LogP contribution >= 0.6 is 0 Å². The van der Waals surface area contributed by atoms with Gasteiger partial charge in [0.25, 0.3) is 0 Å². The van der Waals surface area contributed by atoms with Crippen molar-refractivity contribution < 1.29 is 9.84 Å². The van der Waals surface area contributed by atoms with Crippen molar-refractivity contribution in [3.8, 4) is 5.75 Å². The molecule has 0 bridgehead atoms. The van der Waals surface area contributed by atoms with Crippen LogP contribution in [0.25, 0.3) is 0 Å². The van der Waals surface area contributed by atoms with Crippen molar-refractivity contribution >= 4 is 0 Å². The van der Waals surface area contributed by atoms with E-state index in [-0.39, 0.29) is 0 Å². The fourth-order valence-electron chi connectivity index (χ4n) is 1.41. The van der Waals surface area contributed by atoms with Crippen molar-refractivity contribution in [1.29, 1.82) is 0 Å². The van der Waals surface area contributed by atoms with Gasteiger partial charge >= 0.3 is 0 Å². The minimum Gasteiger partial charge on any atom is -0.496 e. The number of rotatable bonds is 4. The van der Waals surface area contributed by atoms with Gasteiger partial charge in [-0.3, -0.25) is 5.32 Å². The molecule has 2 N–H and O–H groups in total. The highest BCUT2D eigenvalue weighted by Crippen LogP contribution is 2.22. The van der Waals surface area contributed by atoms with E-state index in [4.69, 9.17) is 4.74 Å². The van der Waals surface area contributed by atoms with Crippen LogP contribution in [-0.2, 0) is 6.42 Å². The van der Waals surface area contributed by atoms with Crippen LogP contribution in [-0.4, -0.2) is 19.3 Å². The fourth-order valence-corrected chi connectivity index (χ4v) is 1.41. The summed E-state index contributed by atoms with van der Waals surface area (Å²) < 4.78 is 5.20. The molecule has 1 aromatic carbocycles. The van der Waals surface area contributed by atoms with Crippen LogP contribution in [0.15, 0.2) is 18.2 Å². The maximum absolute atomic E-state index is 9.56. The Kier molecular flexibility index (Phi) is 3.92. The fraction of sp³-hybridized carbons (Fsp3) is 0.455. The minimum absolute atomic E-state index is 0.605. The summed E-state index contributed by atoms with van der Waals surface area (Å²) >= 11 is 0. The maximum Gasteiger partial charge on any atom is 0.130 e. The molecular formula is C11H17NO2. The van der Waals surface area contributed by atoms with E-state index in [0.29, 0.717) is 0 Å². The SMILES string of the molecule is CCc1cc(C(O)NC)ccc1OC. The highest BCUT2D eigenvalue weighted by molar-refractivity contribution is 5.37. The number of methoxy groups -OCH3 is 1. The van der Waals surface area contributed by atoms with Gasteiger partial charge in [-0.2, -0.15) is 0 Å². The largest absolute Gasteiger partial charge is 0.496 e. The van der Waals surface area contributed by atoms with E-state index in [0.717, 1.165) is 23.3 Å². The number of aliphatic hydroxyl groups excluding tert-OH is 1. The molecule has 3 nitrogen and oxygen atoms in total. The molecule has 0 saturated heterocycles. The summed E-state index contributed by atoms with van der Waals surface area (Å²) in [6.45, 7) is 2.06. The van der Waals surface area contributed by atoms with Gasteiger partial charge < -0.3 is 9.84 Å². The van der Waals surface area contributed by atoms with Gasteiger partial charge in [-0.15, -0.1) is 0 Å². The molecule has 78 valence electrons. The second-order valence-electron chi connectivity index (χ2n) is 3.12. The predicted octanol–water partition coefficient (Wildman–Crippen LogP) is 1.47. The summed E-state index contributed by atoms with van der Waals surface area (Å²) in [5.74, 6) is 0.875. The third-order valence-corrected chi connectivity index (χ3v) is 2.27. The lowest BCUT2D eigenvalue weighted by molar-refractivity contribution is 0.149. The predicted molar refractivity (Wildman–Crippen MR) is 56.4 cm³/mol. The minimum atomic E-state index is -0.605. The molecule has 0 amide bonds. The Labute approximate surface area is 84.7 Å². The topological polar surface area (TPSA) is 41.5 Å². The van der Waals surface area contributed by atoms with Gasteiger partial charge in [-0.25, -0.2) is 0 Å². The first-order valence-electron chi connectivity index (χ1n) is 4.75. The van der Waals surface area contributed by atoms with Crippen LogP contribution in [0.2, 0.25) is 0 Å². The number of ether oxygens (including phenoxy) is 1. The first-order chi connectivity index (χ1) is 6.72. The molecule has 1 aromatic rings. The van der Waals surface area contributed by atoms with E-state index < -0.39 is 6.23 Å². The van der Waals surface area contributed by atoms with Gasteiger partial charge in [-0.05, 0) is 36.7 Å². The molecule has 0 aliphatic heterocycles. The van der Waals surface area contributed by atoms with Gasteiger partial charge in [0.15, 0.2) is 0 Å². The molecule has 14 heavy (non-hydrogen) atoms. The number of benzene rings is 1. The lowest BCUT2D eigenvalue weighted by Crippen LogP contribution is -2.15. The Morgan fingerprint density at radius 3 is 2.71 bits per heavy atom. The van der Waals surface area contributed by atoms with Crippen LogP contribution in [0.4, 0.5) is 0 Å². The van der Waals surface area contributed by atoms with Crippen molar-refractivity contribution in [2.45, 2.75) is 19.6 Å². The van der Waals surface area contributed by atoms with Crippen molar-refractivity contribution in [1.82, 2.24) is 5.32 Å². The first-order valence-corrected chi connectivity index (χ1v) is 4.75. The number of aliphatic hydroxyl groups is 1. The van der Waals surface area contributed by atoms with Gasteiger partial charge in [-0.1, -0.05) is 13.0 Å². The maximum atomic E-state index is 9.56. The van der Waals surface area contributed by atoms with E-state index >= 15 is 0 Å². The second kappa shape index (κ2) is 4.98. The van der Waals surface area contributed by atoms with Crippen molar-refractivity contribution in [2.24, 2.45) is 0 Å². The third kappa shape index (κ3) is 2.25. The van der Waals surface area contributed by atoms with Crippen LogP contribution < -0.4 is 10.1 Å². The molecule has 0 heterocycles. The zero-order chi connectivity index (χ0) is 10.6. The lowest BCUT2D eigenvalue weighted by Gasteiger charge is -2.13. The van der Waals surface area contributed by atoms with Crippen molar-refractivity contribution in [3.05, 3.63) is 29.3 Å². The Bertz CT molecular complexity index is 299. The summed E-state index contributed by atoms with van der Waals surface area (Å²) in [4.78, 5) is 0. The summed E-state index contributed by atoms with van der Waals surface area (Å²) in [6.07, 6.45) is 0.291. The Balaban J connectivity index is 3.01. The van der Waals surface area contributed by atoms with Gasteiger partial charge in [0.05, 0.1) is 7.11 Å².